The van der Waals surface area contributed by atoms with Crippen LogP contribution in [0, 0.1) is 0 Å². The molecular formula is C14H10O4. The first-order valence-corrected chi connectivity index (χ1v) is 5.26. The van der Waals surface area contributed by atoms with Crippen LogP contribution >= 0.6 is 0 Å². The van der Waals surface area contributed by atoms with Crippen molar-refractivity contribution in [2.75, 3.05) is 0 Å². The first-order valence-electron chi connectivity index (χ1n) is 5.26. The molecule has 0 amide bonds. The molecule has 0 bridgehead atoms. The summed E-state index contributed by atoms with van der Waals surface area (Å²) in [5.41, 5.74) is 0.597. The zero-order valence-corrected chi connectivity index (χ0v) is 9.33. The number of aromatic hydroxyl groups is 2. The number of hydrogen-bond acceptors (Lipinski definition) is 4. The quantitative estimate of drug-likeness (QED) is 0.585. The van der Waals surface area contributed by atoms with Gasteiger partial charge in [-0.15, -0.1) is 0 Å². The summed E-state index contributed by atoms with van der Waals surface area (Å²) in [4.78, 5) is 19.9. The Bertz CT molecular complexity index is 650. The van der Waals surface area contributed by atoms with E-state index in [1.54, 1.807) is 0 Å². The van der Waals surface area contributed by atoms with Gasteiger partial charge in [0.05, 0.1) is 0 Å². The van der Waals surface area contributed by atoms with Crippen LogP contribution in [0.25, 0.3) is 11.1 Å². The second-order valence-corrected chi connectivity index (χ2v) is 3.70. The molecule has 4 heteroatoms. The lowest BCUT2D eigenvalue weighted by atomic mass is 10.2. The van der Waals surface area contributed by atoms with E-state index in [-0.39, 0.29) is 0 Å². The van der Waals surface area contributed by atoms with Crippen LogP contribution in [0.3, 0.4) is 0 Å². The number of fused-ring (bicyclic) bond motifs is 1. The van der Waals surface area contributed by atoms with E-state index in [0.29, 0.717) is 0 Å². The number of hydrogen-bond donors (Lipinski definition) is 2. The normalized spacial score (nSPS) is 10.0. The van der Waals surface area contributed by atoms with Crippen molar-refractivity contribution in [3.05, 3.63) is 69.0 Å². The highest BCUT2D eigenvalue weighted by Gasteiger charge is 2.17. The maximum Gasteiger partial charge on any atom is 0.275 e. The van der Waals surface area contributed by atoms with Crippen LogP contribution in [-0.2, 0) is 0 Å². The van der Waals surface area contributed by atoms with Crippen LogP contribution < -0.4 is 10.9 Å². The van der Waals surface area contributed by atoms with E-state index >= 15 is 0 Å². The molecule has 0 heterocycles. The molecule has 0 radical (unpaired) electrons. The fourth-order valence-electron chi connectivity index (χ4n) is 1.50. The Morgan fingerprint density at radius 3 is 1.39 bits per heavy atom. The van der Waals surface area contributed by atoms with Gasteiger partial charge in [0.2, 0.25) is 11.5 Å². The van der Waals surface area contributed by atoms with Gasteiger partial charge in [-0.1, -0.05) is 48.5 Å². The largest absolute Gasteiger partial charge is 0.501 e. The van der Waals surface area contributed by atoms with E-state index in [0.717, 1.165) is 0 Å². The van der Waals surface area contributed by atoms with E-state index in [1.807, 2.05) is 6.07 Å². The molecule has 0 saturated heterocycles. The molecule has 0 aliphatic heterocycles. The van der Waals surface area contributed by atoms with E-state index in [9.17, 15) is 9.59 Å². The maximum absolute atomic E-state index is 9.95. The Balaban J connectivity index is 0.000000138. The Kier molecular flexibility index (Phi) is 3.10. The highest BCUT2D eigenvalue weighted by Crippen LogP contribution is 2.19. The minimum absolute atomic E-state index is 0.824. The van der Waals surface area contributed by atoms with Crippen LogP contribution in [0.4, 0.5) is 0 Å². The Hall–Kier alpha value is -2.62. The SMILES string of the molecule is O=c1c(O)c(O)c1=O.c1ccc2cccc-2cc1. The summed E-state index contributed by atoms with van der Waals surface area (Å²) in [6.45, 7) is 0. The van der Waals surface area contributed by atoms with Crippen molar-refractivity contribution in [2.24, 2.45) is 0 Å². The van der Waals surface area contributed by atoms with Crippen molar-refractivity contribution in [3.63, 3.8) is 0 Å². The molecule has 3 rings (SSSR count). The van der Waals surface area contributed by atoms with E-state index in [4.69, 9.17) is 10.2 Å². The molecule has 1 aromatic rings. The van der Waals surface area contributed by atoms with Crippen LogP contribution in [0.2, 0.25) is 0 Å². The maximum atomic E-state index is 9.95. The van der Waals surface area contributed by atoms with E-state index in [1.165, 1.54) is 11.1 Å². The minimum Gasteiger partial charge on any atom is -0.501 e. The first-order chi connectivity index (χ1) is 8.61. The Labute approximate surface area is 102 Å². The molecule has 18 heavy (non-hydrogen) atoms. The smallest absolute Gasteiger partial charge is 0.275 e. The summed E-state index contributed by atoms with van der Waals surface area (Å²) < 4.78 is 0. The van der Waals surface area contributed by atoms with Crippen molar-refractivity contribution >= 4 is 0 Å². The second kappa shape index (κ2) is 4.71. The van der Waals surface area contributed by atoms with Crippen LogP contribution in [0.1, 0.15) is 0 Å². The highest BCUT2D eigenvalue weighted by atomic mass is 16.3. The summed E-state index contributed by atoms with van der Waals surface area (Å²) in [5.74, 6) is -1.65. The van der Waals surface area contributed by atoms with Crippen molar-refractivity contribution in [2.45, 2.75) is 0 Å². The van der Waals surface area contributed by atoms with Gasteiger partial charge < -0.3 is 10.2 Å². The van der Waals surface area contributed by atoms with Gasteiger partial charge in [0.1, 0.15) is 0 Å². The van der Waals surface area contributed by atoms with Crippen molar-refractivity contribution in [3.8, 4) is 22.6 Å². The monoisotopic (exact) mass is 242 g/mol. The summed E-state index contributed by atoms with van der Waals surface area (Å²) in [6, 6.07) is 16.7. The fourth-order valence-corrected chi connectivity index (χ4v) is 1.50. The van der Waals surface area contributed by atoms with Crippen LogP contribution in [-0.4, -0.2) is 10.2 Å². The van der Waals surface area contributed by atoms with Gasteiger partial charge in [-0.3, -0.25) is 9.59 Å². The average Bonchev–Trinajstić information content (AvgIpc) is 2.74. The third-order valence-electron chi connectivity index (χ3n) is 2.52. The van der Waals surface area contributed by atoms with E-state index < -0.39 is 22.4 Å². The van der Waals surface area contributed by atoms with Crippen molar-refractivity contribution < 1.29 is 10.2 Å². The molecule has 4 nitrogen and oxygen atoms in total. The van der Waals surface area contributed by atoms with Gasteiger partial charge in [-0.2, -0.15) is 0 Å². The fraction of sp³-hybridized carbons (Fsp3) is 0. The predicted octanol–water partition coefficient (Wildman–Crippen LogP) is 1.49. The summed E-state index contributed by atoms with van der Waals surface area (Å²) in [5, 5.41) is 16.4. The van der Waals surface area contributed by atoms with Crippen molar-refractivity contribution in [1.82, 2.24) is 0 Å². The summed E-state index contributed by atoms with van der Waals surface area (Å²) >= 11 is 0. The molecular weight excluding hydrogens is 232 g/mol. The second-order valence-electron chi connectivity index (χ2n) is 3.70. The van der Waals surface area contributed by atoms with Gasteiger partial charge in [0.15, 0.2) is 0 Å². The summed E-state index contributed by atoms with van der Waals surface area (Å²) in [7, 11) is 0. The molecule has 90 valence electrons. The molecule has 2 aliphatic carbocycles. The standard InChI is InChI=1S/C10H8.C4H2O4/c1-2-5-9-7-4-8-10(9)6-3-1;5-1-2(6)4(8)3(1)7/h1-8H;5-6H. The number of rotatable bonds is 0. The molecule has 0 fully saturated rings. The molecule has 0 saturated carbocycles. The molecule has 2 N–H and O–H groups in total. The molecule has 0 aromatic heterocycles. The Morgan fingerprint density at radius 1 is 0.611 bits per heavy atom. The lowest BCUT2D eigenvalue weighted by Crippen LogP contribution is -2.28. The topological polar surface area (TPSA) is 74.6 Å². The summed E-state index contributed by atoms with van der Waals surface area (Å²) in [6.07, 6.45) is 0. The van der Waals surface area contributed by atoms with E-state index in [2.05, 4.69) is 42.5 Å². The minimum atomic E-state index is -1.01. The van der Waals surface area contributed by atoms with Gasteiger partial charge in [0, 0.05) is 0 Å². The highest BCUT2D eigenvalue weighted by molar-refractivity contribution is 5.65. The predicted molar refractivity (Wildman–Crippen MR) is 67.7 cm³/mol. The molecule has 0 atom stereocenters. The average molecular weight is 242 g/mol. The molecule has 1 aromatic carbocycles. The Morgan fingerprint density at radius 2 is 1.00 bits per heavy atom. The molecule has 2 aliphatic rings. The van der Waals surface area contributed by atoms with Gasteiger partial charge in [-0.25, -0.2) is 0 Å². The third kappa shape index (κ3) is 2.08. The van der Waals surface area contributed by atoms with Gasteiger partial charge >= 0.3 is 0 Å². The lowest BCUT2D eigenvalue weighted by Gasteiger charge is -1.92. The molecule has 0 spiro atoms. The lowest BCUT2D eigenvalue weighted by molar-refractivity contribution is 0.384. The van der Waals surface area contributed by atoms with Gasteiger partial charge in [0.25, 0.3) is 10.9 Å². The van der Waals surface area contributed by atoms with Crippen molar-refractivity contribution in [1.29, 1.82) is 0 Å². The van der Waals surface area contributed by atoms with Crippen LogP contribution in [0.15, 0.2) is 58.1 Å². The van der Waals surface area contributed by atoms with Gasteiger partial charge in [-0.05, 0) is 11.1 Å². The first kappa shape index (κ1) is 11.9. The molecule has 0 unspecified atom stereocenters. The zero-order valence-electron chi connectivity index (χ0n) is 9.33. The third-order valence-corrected chi connectivity index (χ3v) is 2.52. The van der Waals surface area contributed by atoms with Crippen LogP contribution in [0.5, 0.6) is 11.5 Å². The zero-order chi connectivity index (χ0) is 13.1.